The van der Waals surface area contributed by atoms with E-state index in [9.17, 15) is 17.6 Å². The van der Waals surface area contributed by atoms with Crippen molar-refractivity contribution in [2.24, 2.45) is 5.92 Å². The van der Waals surface area contributed by atoms with Crippen molar-refractivity contribution < 1.29 is 17.6 Å². The van der Waals surface area contributed by atoms with Gasteiger partial charge in [-0.1, -0.05) is 26.5 Å². The summed E-state index contributed by atoms with van der Waals surface area (Å²) in [5.41, 5.74) is 1.36. The number of sulfonamides is 1. The van der Waals surface area contributed by atoms with Crippen molar-refractivity contribution in [2.75, 3.05) is 5.32 Å². The molecule has 26 heavy (non-hydrogen) atoms. The summed E-state index contributed by atoms with van der Waals surface area (Å²) in [4.78, 5) is 12.3. The van der Waals surface area contributed by atoms with E-state index in [0.29, 0.717) is 16.9 Å². The topological polar surface area (TPSA) is 75.3 Å². The lowest BCUT2D eigenvalue weighted by molar-refractivity contribution is 0.102. The number of carbonyl (C=O) groups is 1. The molecule has 0 aliphatic heterocycles. The Hall–Kier alpha value is -2.67. The van der Waals surface area contributed by atoms with E-state index in [4.69, 9.17) is 0 Å². The molecular formula is C19H21FN2O3S. The molecule has 2 aromatic rings. The number of amides is 1. The van der Waals surface area contributed by atoms with Crippen molar-refractivity contribution >= 4 is 21.6 Å². The predicted molar refractivity (Wildman–Crippen MR) is 99.8 cm³/mol. The van der Waals surface area contributed by atoms with Crippen LogP contribution in [-0.4, -0.2) is 14.3 Å². The lowest BCUT2D eigenvalue weighted by Gasteiger charge is -2.14. The molecule has 1 amide bonds. The minimum atomic E-state index is -3.82. The monoisotopic (exact) mass is 376 g/mol. The van der Waals surface area contributed by atoms with Crippen LogP contribution in [-0.2, 0) is 10.0 Å². The van der Waals surface area contributed by atoms with Gasteiger partial charge < -0.3 is 5.32 Å². The number of carbonyl (C=O) groups excluding carboxylic acids is 1. The third kappa shape index (κ3) is 4.70. The Labute approximate surface area is 153 Å². The van der Waals surface area contributed by atoms with Crippen molar-refractivity contribution in [3.05, 3.63) is 71.7 Å². The molecule has 0 aliphatic rings. The molecule has 0 unspecified atom stereocenters. The van der Waals surface area contributed by atoms with Gasteiger partial charge in [0.2, 0.25) is 0 Å². The van der Waals surface area contributed by atoms with Crippen LogP contribution in [0.4, 0.5) is 10.1 Å². The van der Waals surface area contributed by atoms with E-state index < -0.39 is 15.9 Å². The van der Waals surface area contributed by atoms with E-state index in [-0.39, 0.29) is 22.2 Å². The fourth-order valence-electron chi connectivity index (χ4n) is 2.08. The maximum absolute atomic E-state index is 13.3. The zero-order valence-electron chi connectivity index (χ0n) is 14.8. The number of hydrogen-bond acceptors (Lipinski definition) is 3. The number of halogens is 1. The van der Waals surface area contributed by atoms with Crippen LogP contribution in [0.3, 0.4) is 0 Å². The first-order valence-electron chi connectivity index (χ1n) is 7.99. The minimum Gasteiger partial charge on any atom is -0.322 e. The first-order chi connectivity index (χ1) is 12.1. The first kappa shape index (κ1) is 19.7. The fourth-order valence-corrected chi connectivity index (χ4v) is 3.32. The molecule has 0 aliphatic carbocycles. The number of benzene rings is 2. The molecule has 5 nitrogen and oxygen atoms in total. The van der Waals surface area contributed by atoms with Gasteiger partial charge in [0.05, 0.1) is 4.90 Å². The molecule has 0 heterocycles. The van der Waals surface area contributed by atoms with Crippen molar-refractivity contribution in [3.63, 3.8) is 0 Å². The lowest BCUT2D eigenvalue weighted by atomic mass is 10.2. The predicted octanol–water partition coefficient (Wildman–Crippen LogP) is 3.83. The van der Waals surface area contributed by atoms with Gasteiger partial charge in [0.1, 0.15) is 5.82 Å². The van der Waals surface area contributed by atoms with Crippen LogP contribution in [0.1, 0.15) is 29.8 Å². The molecule has 0 aromatic heterocycles. The molecule has 0 spiro atoms. The van der Waals surface area contributed by atoms with Gasteiger partial charge in [0.25, 0.3) is 15.9 Å². The third-order valence-electron chi connectivity index (χ3n) is 3.78. The summed E-state index contributed by atoms with van der Waals surface area (Å²) in [5, 5.41) is 2.63. The minimum absolute atomic E-state index is 0.0396. The number of rotatable bonds is 6. The van der Waals surface area contributed by atoms with E-state index in [2.05, 4.69) is 16.6 Å². The number of allylic oxidation sites excluding steroid dienone is 1. The molecule has 0 bridgehead atoms. The van der Waals surface area contributed by atoms with Crippen LogP contribution < -0.4 is 10.0 Å². The second-order valence-electron chi connectivity index (χ2n) is 6.23. The van der Waals surface area contributed by atoms with Crippen molar-refractivity contribution in [3.8, 4) is 0 Å². The van der Waals surface area contributed by atoms with Gasteiger partial charge in [-0.2, -0.15) is 0 Å². The number of hydrogen-bond donors (Lipinski definition) is 2. The lowest BCUT2D eigenvalue weighted by Crippen LogP contribution is -2.25. The van der Waals surface area contributed by atoms with Gasteiger partial charge >= 0.3 is 0 Å². The smallest absolute Gasteiger partial charge is 0.261 e. The van der Waals surface area contributed by atoms with Gasteiger partial charge in [0.15, 0.2) is 0 Å². The first-order valence-corrected chi connectivity index (χ1v) is 9.47. The Morgan fingerprint density at radius 2 is 1.85 bits per heavy atom. The molecule has 2 N–H and O–H groups in total. The summed E-state index contributed by atoms with van der Waals surface area (Å²) in [7, 11) is -3.82. The van der Waals surface area contributed by atoms with E-state index >= 15 is 0 Å². The zero-order chi connectivity index (χ0) is 19.5. The summed E-state index contributed by atoms with van der Waals surface area (Å²) in [6, 6.07) is 9.86. The third-order valence-corrected chi connectivity index (χ3v) is 5.19. The maximum atomic E-state index is 13.3. The molecule has 2 rings (SSSR count). The van der Waals surface area contributed by atoms with E-state index in [1.54, 1.807) is 6.92 Å². The molecule has 0 saturated carbocycles. The zero-order valence-corrected chi connectivity index (χ0v) is 15.7. The molecule has 2 aromatic carbocycles. The van der Waals surface area contributed by atoms with Crippen molar-refractivity contribution in [2.45, 2.75) is 25.7 Å². The molecule has 0 radical (unpaired) electrons. The van der Waals surface area contributed by atoms with Gasteiger partial charge in [-0.15, -0.1) is 0 Å². The van der Waals surface area contributed by atoms with Crippen LogP contribution in [0.25, 0.3) is 0 Å². The quantitative estimate of drug-likeness (QED) is 0.804. The van der Waals surface area contributed by atoms with Gasteiger partial charge in [-0.25, -0.2) is 12.8 Å². The molecular weight excluding hydrogens is 355 g/mol. The van der Waals surface area contributed by atoms with Crippen LogP contribution in [0.2, 0.25) is 0 Å². The fraction of sp³-hybridized carbons (Fsp3) is 0.211. The van der Waals surface area contributed by atoms with Gasteiger partial charge in [-0.05, 0) is 54.8 Å². The standard InChI is InChI=1S/C19H21FN2O3S/c1-12(2)14(4)22-26(24,25)17-7-5-6-15(11-17)19(23)21-16-8-9-18(20)13(3)10-16/h5-12,22H,4H2,1-3H3,(H,21,23). The highest BCUT2D eigenvalue weighted by Gasteiger charge is 2.18. The Kier molecular flexibility index (Phi) is 5.82. The summed E-state index contributed by atoms with van der Waals surface area (Å²) in [5.74, 6) is -0.915. The molecule has 7 heteroatoms. The maximum Gasteiger partial charge on any atom is 0.261 e. The molecule has 138 valence electrons. The van der Waals surface area contributed by atoms with Gasteiger partial charge in [0, 0.05) is 16.9 Å². The Bertz CT molecular complexity index is 953. The molecule has 0 saturated heterocycles. The van der Waals surface area contributed by atoms with Crippen LogP contribution >= 0.6 is 0 Å². The Balaban J connectivity index is 2.23. The summed E-state index contributed by atoms with van der Waals surface area (Å²) in [6.07, 6.45) is 0. The average molecular weight is 376 g/mol. The normalized spacial score (nSPS) is 11.3. The highest BCUT2D eigenvalue weighted by Crippen LogP contribution is 2.17. The summed E-state index contributed by atoms with van der Waals surface area (Å²) in [6.45, 7) is 8.92. The second-order valence-corrected chi connectivity index (χ2v) is 7.91. The number of nitrogens with one attached hydrogen (secondary N) is 2. The van der Waals surface area contributed by atoms with E-state index in [1.165, 1.54) is 42.5 Å². The molecule has 0 atom stereocenters. The van der Waals surface area contributed by atoms with E-state index in [0.717, 1.165) is 0 Å². The Morgan fingerprint density at radius 3 is 2.46 bits per heavy atom. The highest BCUT2D eigenvalue weighted by molar-refractivity contribution is 7.89. The second kappa shape index (κ2) is 7.70. The highest BCUT2D eigenvalue weighted by atomic mass is 32.2. The SMILES string of the molecule is C=C(NS(=O)(=O)c1cccc(C(=O)Nc2ccc(F)c(C)c2)c1)C(C)C. The van der Waals surface area contributed by atoms with Crippen molar-refractivity contribution in [1.29, 1.82) is 0 Å². The van der Waals surface area contributed by atoms with Crippen molar-refractivity contribution in [1.82, 2.24) is 4.72 Å². The summed E-state index contributed by atoms with van der Waals surface area (Å²) < 4.78 is 40.6. The number of anilines is 1. The summed E-state index contributed by atoms with van der Waals surface area (Å²) >= 11 is 0. The van der Waals surface area contributed by atoms with Crippen LogP contribution in [0.5, 0.6) is 0 Å². The molecule has 0 fully saturated rings. The number of aryl methyl sites for hydroxylation is 1. The van der Waals surface area contributed by atoms with Gasteiger partial charge in [-0.3, -0.25) is 9.52 Å². The Morgan fingerprint density at radius 1 is 1.15 bits per heavy atom. The van der Waals surface area contributed by atoms with E-state index in [1.807, 2.05) is 13.8 Å². The van der Waals surface area contributed by atoms with Crippen LogP contribution in [0, 0.1) is 18.7 Å². The van der Waals surface area contributed by atoms with Crippen LogP contribution in [0.15, 0.2) is 59.6 Å². The average Bonchev–Trinajstić information content (AvgIpc) is 2.58. The largest absolute Gasteiger partial charge is 0.322 e.